The molecule has 1 heterocycles. The molecule has 0 aliphatic heterocycles. The predicted molar refractivity (Wildman–Crippen MR) is 145 cm³/mol. The van der Waals surface area contributed by atoms with Crippen LogP contribution in [0, 0.1) is 13.8 Å². The van der Waals surface area contributed by atoms with Crippen LogP contribution < -0.4 is 9.47 Å². The minimum atomic E-state index is -4.40. The van der Waals surface area contributed by atoms with E-state index in [2.05, 4.69) is 4.98 Å². The number of aryl methyl sites for hydroxylation is 2. The lowest BCUT2D eigenvalue weighted by atomic mass is 9.92. The fraction of sp³-hybridized carbons (Fsp3) is 0.333. The third-order valence-corrected chi connectivity index (χ3v) is 7.62. The van der Waals surface area contributed by atoms with Crippen molar-refractivity contribution in [3.05, 3.63) is 88.5 Å². The molecule has 0 bridgehead atoms. The van der Waals surface area contributed by atoms with Gasteiger partial charge in [0, 0.05) is 12.0 Å². The summed E-state index contributed by atoms with van der Waals surface area (Å²) in [6.07, 6.45) is 3.97. The second-order valence-corrected chi connectivity index (χ2v) is 10.8. The number of halogens is 3. The number of ether oxygens (including phenoxy) is 3. The zero-order chi connectivity index (χ0) is 28.4. The number of carbonyl (C=O) groups excluding carboxylic acids is 1. The van der Waals surface area contributed by atoms with E-state index in [9.17, 15) is 18.0 Å². The topological polar surface area (TPSA) is 57.7 Å². The molecule has 5 nitrogen and oxygen atoms in total. The van der Waals surface area contributed by atoms with E-state index in [0.717, 1.165) is 28.3 Å². The molecular weight excluding hydrogens is 527 g/mol. The number of thiazole rings is 1. The monoisotopic (exact) mass is 557 g/mol. The zero-order valence-electron chi connectivity index (χ0n) is 22.4. The first-order valence-electron chi connectivity index (χ1n) is 12.5. The number of hydrogen-bond donors (Lipinski definition) is 0. The molecule has 0 spiro atoms. The zero-order valence-corrected chi connectivity index (χ0v) is 23.2. The SMILES string of the molecule is CCOC(=O)C(C)(C)Oc1ccc(OC2(c3sc(-c4ccc(C(F)(F)F)cc4)nc3C)C=CC=CC2)cc1C. The van der Waals surface area contributed by atoms with Crippen LogP contribution in [0.2, 0.25) is 0 Å². The number of rotatable bonds is 8. The molecule has 0 radical (unpaired) electrons. The Hall–Kier alpha value is -3.59. The van der Waals surface area contributed by atoms with Crippen LogP contribution in [0.15, 0.2) is 66.8 Å². The summed E-state index contributed by atoms with van der Waals surface area (Å²) < 4.78 is 56.8. The van der Waals surface area contributed by atoms with Crippen molar-refractivity contribution in [2.75, 3.05) is 6.61 Å². The Balaban J connectivity index is 1.62. The lowest BCUT2D eigenvalue weighted by molar-refractivity contribution is -0.158. The Bertz CT molecular complexity index is 1410. The molecule has 0 fully saturated rings. The van der Waals surface area contributed by atoms with Crippen molar-refractivity contribution in [2.45, 2.75) is 58.4 Å². The molecule has 0 saturated heterocycles. The van der Waals surface area contributed by atoms with E-state index in [4.69, 9.17) is 14.2 Å². The second-order valence-electron chi connectivity index (χ2n) is 9.75. The second kappa shape index (κ2) is 10.9. The molecule has 0 amide bonds. The van der Waals surface area contributed by atoms with E-state index in [1.54, 1.807) is 32.9 Å². The summed E-state index contributed by atoms with van der Waals surface area (Å²) in [5.41, 5.74) is -0.581. The molecule has 0 saturated carbocycles. The van der Waals surface area contributed by atoms with Crippen molar-refractivity contribution in [3.63, 3.8) is 0 Å². The Morgan fingerprint density at radius 3 is 2.38 bits per heavy atom. The maximum Gasteiger partial charge on any atom is 0.416 e. The fourth-order valence-electron chi connectivity index (χ4n) is 4.24. The van der Waals surface area contributed by atoms with Crippen LogP contribution in [0.3, 0.4) is 0 Å². The molecule has 2 aromatic carbocycles. The van der Waals surface area contributed by atoms with E-state index in [-0.39, 0.29) is 6.61 Å². The molecule has 1 unspecified atom stereocenters. The molecule has 3 aromatic rings. The minimum absolute atomic E-state index is 0.263. The number of carbonyl (C=O) groups is 1. The van der Waals surface area contributed by atoms with E-state index in [1.807, 2.05) is 44.2 Å². The van der Waals surface area contributed by atoms with Gasteiger partial charge in [0.2, 0.25) is 0 Å². The highest BCUT2D eigenvalue weighted by Crippen LogP contribution is 2.43. The van der Waals surface area contributed by atoms with Gasteiger partial charge in [0.1, 0.15) is 16.5 Å². The Labute approximate surface area is 229 Å². The highest BCUT2D eigenvalue weighted by Gasteiger charge is 2.37. The summed E-state index contributed by atoms with van der Waals surface area (Å²) in [6.45, 7) is 9.06. The van der Waals surface area contributed by atoms with Crippen molar-refractivity contribution < 1.29 is 32.2 Å². The first-order chi connectivity index (χ1) is 18.3. The normalized spacial score (nSPS) is 17.2. The molecule has 9 heteroatoms. The van der Waals surface area contributed by atoms with E-state index < -0.39 is 28.9 Å². The average Bonchev–Trinajstić information content (AvgIpc) is 3.28. The number of hydrogen-bond acceptors (Lipinski definition) is 6. The first kappa shape index (κ1) is 28.4. The minimum Gasteiger partial charge on any atom is -0.477 e. The molecular formula is C30H30F3NO4S. The Kier molecular flexibility index (Phi) is 7.93. The molecule has 1 aliphatic carbocycles. The van der Waals surface area contributed by atoms with E-state index in [0.29, 0.717) is 28.5 Å². The molecule has 206 valence electrons. The molecule has 1 aromatic heterocycles. The van der Waals surface area contributed by atoms with Crippen molar-refractivity contribution in [1.29, 1.82) is 0 Å². The smallest absolute Gasteiger partial charge is 0.416 e. The molecule has 39 heavy (non-hydrogen) atoms. The Morgan fingerprint density at radius 2 is 1.79 bits per heavy atom. The van der Waals surface area contributed by atoms with Crippen molar-refractivity contribution in [3.8, 4) is 22.1 Å². The molecule has 4 rings (SSSR count). The van der Waals surface area contributed by atoms with Gasteiger partial charge >= 0.3 is 12.1 Å². The van der Waals surface area contributed by atoms with Crippen molar-refractivity contribution in [1.82, 2.24) is 4.98 Å². The van der Waals surface area contributed by atoms with Crippen LogP contribution in [-0.2, 0) is 21.3 Å². The van der Waals surface area contributed by atoms with Crippen LogP contribution in [0.1, 0.15) is 48.9 Å². The van der Waals surface area contributed by atoms with Gasteiger partial charge in [0.25, 0.3) is 0 Å². The number of nitrogens with zero attached hydrogens (tertiary/aromatic N) is 1. The van der Waals surface area contributed by atoms with Crippen LogP contribution in [0.4, 0.5) is 13.2 Å². The largest absolute Gasteiger partial charge is 0.477 e. The third kappa shape index (κ3) is 6.19. The molecule has 0 N–H and O–H groups in total. The maximum atomic E-state index is 13.0. The van der Waals surface area contributed by atoms with Crippen LogP contribution in [-0.4, -0.2) is 23.2 Å². The summed E-state index contributed by atoms with van der Waals surface area (Å²) in [5.74, 6) is 0.678. The maximum absolute atomic E-state index is 13.0. The number of benzene rings is 2. The molecule has 1 atom stereocenters. The highest BCUT2D eigenvalue weighted by atomic mass is 32.1. The van der Waals surface area contributed by atoms with Crippen molar-refractivity contribution in [2.24, 2.45) is 0 Å². The number of allylic oxidation sites excluding steroid dienone is 2. The van der Waals surface area contributed by atoms with Gasteiger partial charge < -0.3 is 14.2 Å². The summed E-state index contributed by atoms with van der Waals surface area (Å²) in [5, 5.41) is 0.614. The number of aromatic nitrogens is 1. The van der Waals surface area contributed by atoms with Crippen LogP contribution in [0.25, 0.3) is 10.6 Å². The Morgan fingerprint density at radius 1 is 1.08 bits per heavy atom. The number of esters is 1. The van der Waals surface area contributed by atoms with Gasteiger partial charge in [-0.25, -0.2) is 9.78 Å². The summed E-state index contributed by atoms with van der Waals surface area (Å²) >= 11 is 1.40. The van der Waals surface area contributed by atoms with E-state index in [1.165, 1.54) is 23.5 Å². The number of alkyl halides is 3. The summed E-state index contributed by atoms with van der Waals surface area (Å²) in [4.78, 5) is 17.8. The van der Waals surface area contributed by atoms with Crippen LogP contribution >= 0.6 is 11.3 Å². The predicted octanol–water partition coefficient (Wildman–Crippen LogP) is 7.96. The van der Waals surface area contributed by atoms with Gasteiger partial charge in [-0.2, -0.15) is 13.2 Å². The van der Waals surface area contributed by atoms with Gasteiger partial charge in [-0.15, -0.1) is 11.3 Å². The quantitative estimate of drug-likeness (QED) is 0.263. The lowest BCUT2D eigenvalue weighted by Crippen LogP contribution is -2.39. The van der Waals surface area contributed by atoms with Crippen LogP contribution in [0.5, 0.6) is 11.5 Å². The van der Waals surface area contributed by atoms with Crippen molar-refractivity contribution >= 4 is 17.3 Å². The van der Waals surface area contributed by atoms with Gasteiger partial charge in [-0.3, -0.25) is 0 Å². The van der Waals surface area contributed by atoms with Gasteiger partial charge in [0.15, 0.2) is 11.2 Å². The summed E-state index contributed by atoms with van der Waals surface area (Å²) in [6, 6.07) is 10.4. The lowest BCUT2D eigenvalue weighted by Gasteiger charge is -2.32. The average molecular weight is 558 g/mol. The molecule has 1 aliphatic rings. The van der Waals surface area contributed by atoms with Gasteiger partial charge in [-0.05, 0) is 76.6 Å². The standard InChI is InChI=1S/C30H30F3NO4S/c1-6-36-27(35)28(4,5)38-24-15-14-23(18-19(24)2)37-29(16-8-7-9-17-29)25-20(3)34-26(39-25)21-10-12-22(13-11-21)30(31,32)33/h7-16,18H,6,17H2,1-5H3. The van der Waals surface area contributed by atoms with Gasteiger partial charge in [0.05, 0.1) is 22.7 Å². The third-order valence-electron chi connectivity index (χ3n) is 6.25. The first-order valence-corrected chi connectivity index (χ1v) is 13.3. The fourth-order valence-corrected chi connectivity index (χ4v) is 5.43. The van der Waals surface area contributed by atoms with E-state index >= 15 is 0 Å². The van der Waals surface area contributed by atoms with Gasteiger partial charge in [-0.1, -0.05) is 30.4 Å². The highest BCUT2D eigenvalue weighted by molar-refractivity contribution is 7.15. The summed E-state index contributed by atoms with van der Waals surface area (Å²) in [7, 11) is 0.